The smallest absolute Gasteiger partial charge is 0.381 e. The number of rotatable bonds is 5. The number of ether oxygens (including phenoxy) is 1. The van der Waals surface area contributed by atoms with Crippen LogP contribution in [0.25, 0.3) is 11.2 Å². The molecule has 2 aromatic heterocycles. The summed E-state index contributed by atoms with van der Waals surface area (Å²) in [5, 5.41) is 0. The van der Waals surface area contributed by atoms with E-state index in [1.165, 1.54) is 25.0 Å². The summed E-state index contributed by atoms with van der Waals surface area (Å²) in [5.74, 6) is 3.35. The Morgan fingerprint density at radius 2 is 1.76 bits per heavy atom. The van der Waals surface area contributed by atoms with Crippen LogP contribution >= 0.6 is 0 Å². The van der Waals surface area contributed by atoms with E-state index >= 15 is 0 Å². The number of benzene rings is 1. The number of anilines is 2. The minimum Gasteiger partial charge on any atom is -0.381 e. The molecule has 3 N–H and O–H groups in total. The molecule has 3 aliphatic rings. The average molecular weight is 583 g/mol. The van der Waals surface area contributed by atoms with Gasteiger partial charge in [0.05, 0.1) is 11.9 Å². The minimum atomic E-state index is -4.46. The molecule has 0 bridgehead atoms. The molecule has 6 rings (SSSR count). The van der Waals surface area contributed by atoms with Gasteiger partial charge < -0.3 is 14.2 Å². The molecule has 1 aliphatic carbocycles. The van der Waals surface area contributed by atoms with Crippen LogP contribution in [-0.2, 0) is 18.0 Å². The number of fused-ring (bicyclic) bond motifs is 1. The van der Waals surface area contributed by atoms with Crippen LogP contribution in [0.15, 0.2) is 30.6 Å². The van der Waals surface area contributed by atoms with Crippen LogP contribution in [0.4, 0.5) is 33.7 Å². The molecule has 41 heavy (non-hydrogen) atoms. The van der Waals surface area contributed by atoms with E-state index in [1.807, 2.05) is 14.0 Å². The quantitative estimate of drug-likeness (QED) is 0.253. The molecule has 2 unspecified atom stereocenters. The van der Waals surface area contributed by atoms with E-state index < -0.39 is 23.7 Å². The summed E-state index contributed by atoms with van der Waals surface area (Å²) >= 11 is 0. The molecule has 2 saturated heterocycles. The van der Waals surface area contributed by atoms with Gasteiger partial charge >= 0.3 is 6.18 Å². The Balaban J connectivity index is 0.000000610. The molecular formula is C27H35F5N8O. The van der Waals surface area contributed by atoms with Crippen molar-refractivity contribution in [2.24, 2.45) is 18.8 Å². The maximum Gasteiger partial charge on any atom is 0.416 e. The third-order valence-corrected chi connectivity index (χ3v) is 7.97. The Kier molecular flexibility index (Phi) is 8.35. The summed E-state index contributed by atoms with van der Waals surface area (Å²) in [5.41, 5.74) is 3.58. The van der Waals surface area contributed by atoms with Crippen LogP contribution in [0.1, 0.15) is 49.8 Å². The van der Waals surface area contributed by atoms with E-state index in [0.29, 0.717) is 42.2 Å². The van der Waals surface area contributed by atoms with Gasteiger partial charge in [-0.05, 0) is 43.4 Å². The lowest BCUT2D eigenvalue weighted by molar-refractivity contribution is -0.137. The van der Waals surface area contributed by atoms with Crippen LogP contribution in [0.2, 0.25) is 0 Å². The molecule has 3 aromatic rings. The summed E-state index contributed by atoms with van der Waals surface area (Å²) in [6, 6.07) is 4.40. The van der Waals surface area contributed by atoms with Crippen molar-refractivity contribution < 1.29 is 26.7 Å². The van der Waals surface area contributed by atoms with E-state index in [4.69, 9.17) is 10.6 Å². The zero-order chi connectivity index (χ0) is 29.4. The molecule has 2 aliphatic heterocycles. The van der Waals surface area contributed by atoms with Crippen molar-refractivity contribution in [3.05, 3.63) is 41.7 Å². The third-order valence-electron chi connectivity index (χ3n) is 7.97. The highest BCUT2D eigenvalue weighted by molar-refractivity contribution is 5.85. The molecule has 14 heteroatoms. The molecule has 4 heterocycles. The topological polar surface area (TPSA) is 97.4 Å². The van der Waals surface area contributed by atoms with Crippen LogP contribution in [0.3, 0.4) is 0 Å². The number of aromatic nitrogens is 4. The van der Waals surface area contributed by atoms with Crippen LogP contribution in [0.5, 0.6) is 0 Å². The monoisotopic (exact) mass is 582 g/mol. The molecule has 3 fully saturated rings. The number of nitrogens with zero attached hydrogens (tertiary/aromatic N) is 6. The molecule has 0 radical (unpaired) electrons. The lowest BCUT2D eigenvalue weighted by Gasteiger charge is -2.49. The summed E-state index contributed by atoms with van der Waals surface area (Å²) in [7, 11) is 1.82. The number of imidazole rings is 1. The van der Waals surface area contributed by atoms with Gasteiger partial charge in [0, 0.05) is 64.8 Å². The first-order valence-electron chi connectivity index (χ1n) is 13.8. The highest BCUT2D eigenvalue weighted by Crippen LogP contribution is 2.51. The Hall–Kier alpha value is -3.10. The second-order valence-electron chi connectivity index (χ2n) is 11.0. The SMILES string of the molecule is C1CCOC1.CC1CN(C(c2ccc(C(F)(F)F)cc2)C2CC(F)(F)C2)CCN1c1nc(NN)nc2c1ncn2C. The van der Waals surface area contributed by atoms with E-state index in [9.17, 15) is 22.0 Å². The van der Waals surface area contributed by atoms with Crippen molar-refractivity contribution >= 4 is 22.9 Å². The molecule has 9 nitrogen and oxygen atoms in total. The van der Waals surface area contributed by atoms with E-state index in [0.717, 1.165) is 25.3 Å². The number of piperazine rings is 1. The second-order valence-corrected chi connectivity index (χ2v) is 11.0. The minimum absolute atomic E-state index is 0.0815. The summed E-state index contributed by atoms with van der Waals surface area (Å²) in [6.45, 7) is 5.55. The van der Waals surface area contributed by atoms with Gasteiger partial charge in [-0.25, -0.2) is 19.6 Å². The van der Waals surface area contributed by atoms with Crippen molar-refractivity contribution in [3.63, 3.8) is 0 Å². The van der Waals surface area contributed by atoms with Gasteiger partial charge in [-0.2, -0.15) is 23.1 Å². The second kappa shape index (κ2) is 11.6. The number of hydrazine groups is 1. The lowest BCUT2D eigenvalue weighted by atomic mass is 9.73. The first kappa shape index (κ1) is 29.4. The number of hydrogen-bond donors (Lipinski definition) is 2. The summed E-state index contributed by atoms with van der Waals surface area (Å²) < 4.78 is 73.6. The third kappa shape index (κ3) is 6.38. The van der Waals surface area contributed by atoms with Crippen LogP contribution < -0.4 is 16.2 Å². The Morgan fingerprint density at radius 1 is 1.07 bits per heavy atom. The van der Waals surface area contributed by atoms with Crippen molar-refractivity contribution in [3.8, 4) is 0 Å². The van der Waals surface area contributed by atoms with E-state index in [1.54, 1.807) is 10.9 Å². The first-order valence-corrected chi connectivity index (χ1v) is 13.8. The first-order chi connectivity index (χ1) is 19.5. The molecule has 1 saturated carbocycles. The number of halogens is 5. The number of alkyl halides is 5. The molecule has 1 aromatic carbocycles. The predicted octanol–water partition coefficient (Wildman–Crippen LogP) is 4.76. The number of hydrogen-bond acceptors (Lipinski definition) is 8. The van der Waals surface area contributed by atoms with Crippen LogP contribution in [-0.4, -0.2) is 69.2 Å². The molecular weight excluding hydrogens is 547 g/mol. The summed E-state index contributed by atoms with van der Waals surface area (Å²) in [4.78, 5) is 17.5. The van der Waals surface area contributed by atoms with Crippen molar-refractivity contribution in [1.29, 1.82) is 0 Å². The normalized spacial score (nSPS) is 22.2. The highest BCUT2D eigenvalue weighted by atomic mass is 19.4. The maximum absolute atomic E-state index is 13.8. The Bertz CT molecular complexity index is 1310. The largest absolute Gasteiger partial charge is 0.416 e. The fourth-order valence-electron chi connectivity index (χ4n) is 5.90. The van der Waals surface area contributed by atoms with E-state index in [2.05, 4.69) is 30.2 Å². The van der Waals surface area contributed by atoms with Crippen molar-refractivity contribution in [2.45, 2.75) is 56.8 Å². The van der Waals surface area contributed by atoms with Gasteiger partial charge in [-0.1, -0.05) is 12.1 Å². The molecule has 224 valence electrons. The average Bonchev–Trinajstić information content (AvgIpc) is 3.61. The molecule has 2 atom stereocenters. The van der Waals surface area contributed by atoms with Gasteiger partial charge in [0.2, 0.25) is 11.9 Å². The zero-order valence-electron chi connectivity index (χ0n) is 23.0. The standard InChI is InChI=1S/C23H27F5N8.C4H8O/c1-13-11-35(7-8-36(13)20-17-19(34(2)12-30-17)31-21(32-20)33-29)18(15-9-22(24,25)10-15)14-3-5-16(6-4-14)23(26,27)28;1-2-4-5-3-1/h3-6,12-13,15,18H,7-11,29H2,1-2H3,(H,31,32,33);1-4H2. The summed E-state index contributed by atoms with van der Waals surface area (Å²) in [6.07, 6.45) is -0.816. The molecule has 0 spiro atoms. The van der Waals surface area contributed by atoms with Gasteiger partial charge in [0.15, 0.2) is 17.0 Å². The fourth-order valence-corrected chi connectivity index (χ4v) is 5.90. The number of aryl methyl sites for hydroxylation is 1. The maximum atomic E-state index is 13.8. The van der Waals surface area contributed by atoms with Crippen molar-refractivity contribution in [1.82, 2.24) is 24.4 Å². The number of nitrogens with one attached hydrogen (secondary N) is 1. The van der Waals surface area contributed by atoms with Gasteiger partial charge in [-0.15, -0.1) is 0 Å². The van der Waals surface area contributed by atoms with Crippen LogP contribution in [0, 0.1) is 5.92 Å². The highest BCUT2D eigenvalue weighted by Gasteiger charge is 2.50. The van der Waals surface area contributed by atoms with E-state index in [-0.39, 0.29) is 30.7 Å². The Morgan fingerprint density at radius 3 is 2.29 bits per heavy atom. The van der Waals surface area contributed by atoms with Gasteiger partial charge in [0.1, 0.15) is 0 Å². The fraction of sp³-hybridized carbons (Fsp3) is 0.593. The van der Waals surface area contributed by atoms with Crippen molar-refractivity contribution in [2.75, 3.05) is 43.2 Å². The van der Waals surface area contributed by atoms with Gasteiger partial charge in [0.25, 0.3) is 0 Å². The lowest BCUT2D eigenvalue weighted by Crippen LogP contribution is -2.56. The van der Waals surface area contributed by atoms with Gasteiger partial charge in [-0.3, -0.25) is 10.3 Å². The molecule has 0 amide bonds. The number of nitrogens with two attached hydrogens (primary N) is 1. The Labute approximate surface area is 234 Å². The number of nitrogen functional groups attached to an aromatic ring is 1. The predicted molar refractivity (Wildman–Crippen MR) is 144 cm³/mol. The zero-order valence-corrected chi connectivity index (χ0v) is 23.0.